The molecule has 1 aliphatic rings. The highest BCUT2D eigenvalue weighted by molar-refractivity contribution is 7.89. The SMILES string of the molecule is CN(C)S(=O)(=O)c1cccc(NC(=O)C=Cc2cc(Cl)c3c(c2)OCCO3)c1. The van der Waals surface area contributed by atoms with Crippen molar-refractivity contribution >= 4 is 39.3 Å². The van der Waals surface area contributed by atoms with Gasteiger partial charge in [0.1, 0.15) is 13.2 Å². The van der Waals surface area contributed by atoms with E-state index in [1.807, 2.05) is 0 Å². The number of rotatable bonds is 5. The quantitative estimate of drug-likeness (QED) is 0.748. The molecule has 0 spiro atoms. The number of anilines is 1. The highest BCUT2D eigenvalue weighted by atomic mass is 35.5. The first kappa shape index (κ1) is 20.2. The summed E-state index contributed by atoms with van der Waals surface area (Å²) in [7, 11) is -0.688. The minimum Gasteiger partial charge on any atom is -0.486 e. The van der Waals surface area contributed by atoms with Crippen molar-refractivity contribution in [2.75, 3.05) is 32.6 Å². The fraction of sp³-hybridized carbons (Fsp3) is 0.211. The predicted octanol–water partition coefficient (Wildman–Crippen LogP) is 3.01. The highest BCUT2D eigenvalue weighted by Crippen LogP contribution is 2.38. The Kier molecular flexibility index (Phi) is 5.93. The Hall–Kier alpha value is -2.55. The molecule has 7 nitrogen and oxygen atoms in total. The number of nitrogens with one attached hydrogen (secondary N) is 1. The number of fused-ring (bicyclic) bond motifs is 1. The van der Waals surface area contributed by atoms with Crippen molar-refractivity contribution in [1.29, 1.82) is 0 Å². The van der Waals surface area contributed by atoms with Crippen molar-refractivity contribution in [1.82, 2.24) is 4.31 Å². The van der Waals surface area contributed by atoms with Crippen LogP contribution in [-0.2, 0) is 14.8 Å². The van der Waals surface area contributed by atoms with Gasteiger partial charge in [-0.3, -0.25) is 4.79 Å². The lowest BCUT2D eigenvalue weighted by molar-refractivity contribution is -0.111. The molecule has 0 fully saturated rings. The van der Waals surface area contributed by atoms with Crippen LogP contribution in [0.25, 0.3) is 6.08 Å². The Morgan fingerprint density at radius 3 is 2.68 bits per heavy atom. The normalized spacial score (nSPS) is 13.7. The van der Waals surface area contributed by atoms with Crippen molar-refractivity contribution in [3.05, 3.63) is 53.1 Å². The van der Waals surface area contributed by atoms with Crippen molar-refractivity contribution < 1.29 is 22.7 Å². The molecule has 1 aliphatic heterocycles. The number of halogens is 1. The van der Waals surface area contributed by atoms with Crippen LogP contribution in [0.4, 0.5) is 5.69 Å². The number of carbonyl (C=O) groups excluding carboxylic acids is 1. The minimum absolute atomic E-state index is 0.0953. The van der Waals surface area contributed by atoms with Crippen molar-refractivity contribution in [2.45, 2.75) is 4.90 Å². The van der Waals surface area contributed by atoms with Crippen LogP contribution in [0.3, 0.4) is 0 Å². The molecule has 2 aromatic carbocycles. The Labute approximate surface area is 168 Å². The number of hydrogen-bond acceptors (Lipinski definition) is 5. The van der Waals surface area contributed by atoms with Gasteiger partial charge in [0.05, 0.1) is 9.92 Å². The van der Waals surface area contributed by atoms with Gasteiger partial charge in [-0.2, -0.15) is 0 Å². The van der Waals surface area contributed by atoms with Crippen LogP contribution in [0.15, 0.2) is 47.4 Å². The first-order valence-corrected chi connectivity index (χ1v) is 10.2. The molecule has 28 heavy (non-hydrogen) atoms. The van der Waals surface area contributed by atoms with E-state index in [0.717, 1.165) is 4.31 Å². The number of hydrogen-bond donors (Lipinski definition) is 1. The van der Waals surface area contributed by atoms with E-state index in [1.54, 1.807) is 30.3 Å². The van der Waals surface area contributed by atoms with Crippen LogP contribution < -0.4 is 14.8 Å². The molecule has 3 rings (SSSR count). The van der Waals surface area contributed by atoms with E-state index in [4.69, 9.17) is 21.1 Å². The molecule has 0 aromatic heterocycles. The fourth-order valence-electron chi connectivity index (χ4n) is 2.53. The minimum atomic E-state index is -3.58. The summed E-state index contributed by atoms with van der Waals surface area (Å²) in [5, 5.41) is 3.04. The Bertz CT molecular complexity index is 1030. The summed E-state index contributed by atoms with van der Waals surface area (Å²) in [4.78, 5) is 12.3. The molecule has 1 N–H and O–H groups in total. The van der Waals surface area contributed by atoms with Crippen LogP contribution in [-0.4, -0.2) is 45.9 Å². The van der Waals surface area contributed by atoms with Crippen molar-refractivity contribution in [3.8, 4) is 11.5 Å². The number of amides is 1. The fourth-order valence-corrected chi connectivity index (χ4v) is 3.75. The van der Waals surface area contributed by atoms with Gasteiger partial charge in [0.25, 0.3) is 0 Å². The highest BCUT2D eigenvalue weighted by Gasteiger charge is 2.18. The molecule has 0 bridgehead atoms. The summed E-state index contributed by atoms with van der Waals surface area (Å²) in [6.45, 7) is 0.871. The maximum Gasteiger partial charge on any atom is 0.248 e. The summed E-state index contributed by atoms with van der Waals surface area (Å²) >= 11 is 6.18. The van der Waals surface area contributed by atoms with Gasteiger partial charge < -0.3 is 14.8 Å². The van der Waals surface area contributed by atoms with E-state index in [-0.39, 0.29) is 4.90 Å². The molecular formula is C19H19ClN2O5S. The summed E-state index contributed by atoms with van der Waals surface area (Å²) in [6.07, 6.45) is 2.91. The predicted molar refractivity (Wildman–Crippen MR) is 107 cm³/mol. The molecule has 9 heteroatoms. The summed E-state index contributed by atoms with van der Waals surface area (Å²) < 4.78 is 36.5. The molecule has 148 valence electrons. The van der Waals surface area contributed by atoms with Crippen LogP contribution in [0.5, 0.6) is 11.5 Å². The number of benzene rings is 2. The van der Waals surface area contributed by atoms with Crippen LogP contribution in [0.1, 0.15) is 5.56 Å². The smallest absolute Gasteiger partial charge is 0.248 e. The molecule has 0 saturated heterocycles. The Morgan fingerprint density at radius 2 is 1.93 bits per heavy atom. The van der Waals surface area contributed by atoms with Gasteiger partial charge in [0.15, 0.2) is 11.5 Å². The van der Waals surface area contributed by atoms with Crippen molar-refractivity contribution in [3.63, 3.8) is 0 Å². The van der Waals surface area contributed by atoms with E-state index in [2.05, 4.69) is 5.32 Å². The summed E-state index contributed by atoms with van der Waals surface area (Å²) in [5.41, 5.74) is 1.05. The zero-order valence-electron chi connectivity index (χ0n) is 15.3. The lowest BCUT2D eigenvalue weighted by Crippen LogP contribution is -2.22. The van der Waals surface area contributed by atoms with Crippen LogP contribution >= 0.6 is 11.6 Å². The second-order valence-electron chi connectivity index (χ2n) is 6.16. The van der Waals surface area contributed by atoms with Gasteiger partial charge in [-0.25, -0.2) is 12.7 Å². The monoisotopic (exact) mass is 422 g/mol. The Morgan fingerprint density at radius 1 is 1.18 bits per heavy atom. The van der Waals surface area contributed by atoms with Gasteiger partial charge in [0, 0.05) is 25.9 Å². The average Bonchev–Trinajstić information content (AvgIpc) is 2.66. The van der Waals surface area contributed by atoms with E-state index in [9.17, 15) is 13.2 Å². The second-order valence-corrected chi connectivity index (χ2v) is 8.72. The van der Waals surface area contributed by atoms with E-state index >= 15 is 0 Å². The summed E-state index contributed by atoms with van der Waals surface area (Å²) in [6, 6.07) is 9.45. The van der Waals surface area contributed by atoms with Crippen LogP contribution in [0.2, 0.25) is 5.02 Å². The van der Waals surface area contributed by atoms with Gasteiger partial charge in [-0.1, -0.05) is 17.7 Å². The number of ether oxygens (including phenoxy) is 2. The standard InChI is InChI=1S/C19H19ClN2O5S/c1-22(2)28(24,25)15-5-3-4-14(12-15)21-18(23)7-6-13-10-16(20)19-17(11-13)26-8-9-27-19/h3-7,10-12H,8-9H2,1-2H3,(H,21,23). The van der Waals surface area contributed by atoms with Crippen LogP contribution in [0, 0.1) is 0 Å². The summed E-state index contributed by atoms with van der Waals surface area (Å²) in [5.74, 6) is 0.610. The van der Waals surface area contributed by atoms with E-state index in [1.165, 1.54) is 32.3 Å². The molecule has 1 heterocycles. The first-order chi connectivity index (χ1) is 13.3. The number of sulfonamides is 1. The number of carbonyl (C=O) groups is 1. The van der Waals surface area contributed by atoms with Gasteiger partial charge in [0.2, 0.25) is 15.9 Å². The van der Waals surface area contributed by atoms with Gasteiger partial charge >= 0.3 is 0 Å². The molecule has 0 aliphatic carbocycles. The second kappa shape index (κ2) is 8.22. The van der Waals surface area contributed by atoms with Gasteiger partial charge in [-0.15, -0.1) is 0 Å². The molecular weight excluding hydrogens is 404 g/mol. The zero-order valence-corrected chi connectivity index (χ0v) is 16.9. The third kappa shape index (κ3) is 4.46. The maximum absolute atomic E-state index is 12.2. The van der Waals surface area contributed by atoms with Gasteiger partial charge in [-0.05, 0) is 42.0 Å². The largest absolute Gasteiger partial charge is 0.486 e. The van der Waals surface area contributed by atoms with Crippen molar-refractivity contribution in [2.24, 2.45) is 0 Å². The average molecular weight is 423 g/mol. The zero-order chi connectivity index (χ0) is 20.3. The maximum atomic E-state index is 12.2. The topological polar surface area (TPSA) is 84.9 Å². The number of nitrogens with zero attached hydrogens (tertiary/aromatic N) is 1. The molecule has 0 radical (unpaired) electrons. The molecule has 0 atom stereocenters. The lowest BCUT2D eigenvalue weighted by atomic mass is 10.1. The van der Waals surface area contributed by atoms with E-state index in [0.29, 0.717) is 41.0 Å². The molecule has 0 saturated carbocycles. The Balaban J connectivity index is 1.74. The molecule has 2 aromatic rings. The lowest BCUT2D eigenvalue weighted by Gasteiger charge is -2.19. The third-order valence-electron chi connectivity index (χ3n) is 3.93. The van der Waals surface area contributed by atoms with E-state index < -0.39 is 15.9 Å². The first-order valence-electron chi connectivity index (χ1n) is 8.38. The third-order valence-corrected chi connectivity index (χ3v) is 6.02. The molecule has 0 unspecified atom stereocenters. The molecule has 1 amide bonds.